The van der Waals surface area contributed by atoms with E-state index in [1.54, 1.807) is 12.1 Å². The smallest absolute Gasteiger partial charge is 0.251 e. The fraction of sp³-hybridized carbons (Fsp3) is 0.467. The van der Waals surface area contributed by atoms with Crippen molar-refractivity contribution in [2.24, 2.45) is 5.92 Å². The fourth-order valence-electron chi connectivity index (χ4n) is 2.08. The number of nitrogens with one attached hydrogen (secondary N) is 2. The molecule has 0 saturated heterocycles. The molecule has 2 amide bonds. The average molecular weight is 345 g/mol. The van der Waals surface area contributed by atoms with Crippen LogP contribution < -0.4 is 10.6 Å². The van der Waals surface area contributed by atoms with Gasteiger partial charge in [0, 0.05) is 25.3 Å². The second kappa shape index (κ2) is 7.81. The van der Waals surface area contributed by atoms with E-state index in [-0.39, 0.29) is 23.8 Å². The molecule has 1 fully saturated rings. The van der Waals surface area contributed by atoms with Gasteiger partial charge in [0.1, 0.15) is 0 Å². The van der Waals surface area contributed by atoms with Crippen molar-refractivity contribution in [3.63, 3.8) is 0 Å². The predicted octanol–water partition coefficient (Wildman–Crippen LogP) is 2.26. The van der Waals surface area contributed by atoms with Crippen molar-refractivity contribution in [3.8, 4) is 0 Å². The number of hydrogen-bond donors (Lipinski definition) is 2. The van der Waals surface area contributed by atoms with Gasteiger partial charge in [0.15, 0.2) is 0 Å². The molecule has 0 spiro atoms. The molecule has 5 nitrogen and oxygen atoms in total. The van der Waals surface area contributed by atoms with Gasteiger partial charge in [-0.15, -0.1) is 0 Å². The summed E-state index contributed by atoms with van der Waals surface area (Å²) in [6, 6.07) is 4.68. The van der Waals surface area contributed by atoms with Gasteiger partial charge in [-0.25, -0.2) is 0 Å². The zero-order valence-corrected chi connectivity index (χ0v) is 13.7. The van der Waals surface area contributed by atoms with Crippen molar-refractivity contribution in [1.82, 2.24) is 10.6 Å². The summed E-state index contributed by atoms with van der Waals surface area (Å²) in [5.74, 6) is -0.334. The molecule has 1 aliphatic rings. The summed E-state index contributed by atoms with van der Waals surface area (Å²) in [5, 5.41) is 6.22. The third-order valence-corrected chi connectivity index (χ3v) is 4.08. The Bertz CT molecular complexity index is 566. The highest BCUT2D eigenvalue weighted by molar-refractivity contribution is 6.42. The molecule has 0 heterocycles. The van der Waals surface area contributed by atoms with Gasteiger partial charge in [0.25, 0.3) is 5.91 Å². The Labute approximate surface area is 139 Å². The largest absolute Gasteiger partial charge is 0.378 e. The summed E-state index contributed by atoms with van der Waals surface area (Å²) in [6.45, 7) is 3.25. The quantitative estimate of drug-likeness (QED) is 0.745. The molecule has 0 bridgehead atoms. The number of halogens is 2. The highest BCUT2D eigenvalue weighted by atomic mass is 35.5. The average Bonchev–Trinajstić information content (AvgIpc) is 3.26. The normalized spacial score (nSPS) is 19.6. The molecule has 0 radical (unpaired) electrons. The van der Waals surface area contributed by atoms with E-state index in [1.165, 1.54) is 6.07 Å². The fourth-order valence-corrected chi connectivity index (χ4v) is 2.38. The van der Waals surface area contributed by atoms with Crippen LogP contribution in [0.1, 0.15) is 23.7 Å². The maximum Gasteiger partial charge on any atom is 0.251 e. The molecule has 1 aromatic rings. The van der Waals surface area contributed by atoms with Crippen molar-refractivity contribution in [1.29, 1.82) is 0 Å². The van der Waals surface area contributed by atoms with E-state index in [2.05, 4.69) is 10.6 Å². The molecular formula is C15H18Cl2N2O3. The monoisotopic (exact) mass is 344 g/mol. The van der Waals surface area contributed by atoms with Gasteiger partial charge in [-0.3, -0.25) is 9.59 Å². The molecule has 0 aromatic heterocycles. The number of hydrogen-bond acceptors (Lipinski definition) is 3. The third kappa shape index (κ3) is 4.60. The molecule has 2 unspecified atom stereocenters. The lowest BCUT2D eigenvalue weighted by Gasteiger charge is -2.08. The number of benzene rings is 1. The Morgan fingerprint density at radius 3 is 2.64 bits per heavy atom. The minimum Gasteiger partial charge on any atom is -0.378 e. The van der Waals surface area contributed by atoms with Crippen molar-refractivity contribution >= 4 is 35.0 Å². The van der Waals surface area contributed by atoms with Gasteiger partial charge in [-0.2, -0.15) is 0 Å². The van der Waals surface area contributed by atoms with Crippen LogP contribution in [-0.4, -0.2) is 37.6 Å². The van der Waals surface area contributed by atoms with Gasteiger partial charge in [0.05, 0.1) is 22.1 Å². The molecule has 2 atom stereocenters. The summed E-state index contributed by atoms with van der Waals surface area (Å²) in [6.07, 6.45) is 0.825. The van der Waals surface area contributed by atoms with E-state index in [9.17, 15) is 9.59 Å². The number of carbonyl (C=O) groups excluding carboxylic acids is 2. The molecule has 1 saturated carbocycles. The molecule has 0 aliphatic heterocycles. The maximum absolute atomic E-state index is 11.9. The van der Waals surface area contributed by atoms with Crippen molar-refractivity contribution in [2.45, 2.75) is 19.4 Å². The molecule has 120 valence electrons. The summed E-state index contributed by atoms with van der Waals surface area (Å²) >= 11 is 11.7. The van der Waals surface area contributed by atoms with Crippen molar-refractivity contribution in [2.75, 3.05) is 19.7 Å². The highest BCUT2D eigenvalue weighted by Gasteiger charge is 2.43. The third-order valence-electron chi connectivity index (χ3n) is 3.34. The molecule has 2 rings (SSSR count). The first kappa shape index (κ1) is 17.1. The van der Waals surface area contributed by atoms with E-state index in [4.69, 9.17) is 27.9 Å². The molecule has 2 N–H and O–H groups in total. The summed E-state index contributed by atoms with van der Waals surface area (Å²) in [7, 11) is 0. The van der Waals surface area contributed by atoms with Gasteiger partial charge >= 0.3 is 0 Å². The van der Waals surface area contributed by atoms with Crippen LogP contribution in [0.25, 0.3) is 0 Å². The van der Waals surface area contributed by atoms with Crippen LogP contribution in [-0.2, 0) is 9.53 Å². The summed E-state index contributed by atoms with van der Waals surface area (Å²) in [5.41, 5.74) is 0.430. The van der Waals surface area contributed by atoms with E-state index in [1.807, 2.05) is 6.92 Å². The Kier molecular flexibility index (Phi) is 6.06. The lowest BCUT2D eigenvalue weighted by atomic mass is 10.2. The number of carbonyl (C=O) groups is 2. The molecular weight excluding hydrogens is 327 g/mol. The van der Waals surface area contributed by atoms with E-state index >= 15 is 0 Å². The molecule has 1 aromatic carbocycles. The standard InChI is InChI=1S/C15H18Cl2N2O3/c1-2-22-13-8-10(13)15(21)19-6-5-18-14(20)9-3-4-11(16)12(17)7-9/h3-4,7,10,13H,2,5-6,8H2,1H3,(H,18,20)(H,19,21). The lowest BCUT2D eigenvalue weighted by Crippen LogP contribution is -2.35. The molecule has 7 heteroatoms. The van der Waals surface area contributed by atoms with Crippen LogP contribution in [0, 0.1) is 5.92 Å². The Balaban J connectivity index is 1.67. The Morgan fingerprint density at radius 2 is 1.95 bits per heavy atom. The lowest BCUT2D eigenvalue weighted by molar-refractivity contribution is -0.123. The minimum absolute atomic E-state index is 0.0257. The molecule has 1 aliphatic carbocycles. The second-order valence-corrected chi connectivity index (χ2v) is 5.83. The van der Waals surface area contributed by atoms with Gasteiger partial charge in [0.2, 0.25) is 5.91 Å². The topological polar surface area (TPSA) is 67.4 Å². The van der Waals surface area contributed by atoms with Crippen LogP contribution >= 0.6 is 23.2 Å². The first-order valence-corrected chi connectivity index (χ1v) is 7.91. The van der Waals surface area contributed by atoms with Crippen LogP contribution in [0.4, 0.5) is 0 Å². The number of ether oxygens (including phenoxy) is 1. The van der Waals surface area contributed by atoms with E-state index < -0.39 is 0 Å². The number of rotatable bonds is 7. The highest BCUT2D eigenvalue weighted by Crippen LogP contribution is 2.33. The first-order chi connectivity index (χ1) is 10.5. The molecule has 22 heavy (non-hydrogen) atoms. The van der Waals surface area contributed by atoms with Crippen LogP contribution in [0.2, 0.25) is 10.0 Å². The summed E-state index contributed by atoms with van der Waals surface area (Å²) < 4.78 is 5.36. The zero-order chi connectivity index (χ0) is 16.1. The number of amides is 2. The van der Waals surface area contributed by atoms with E-state index in [0.29, 0.717) is 35.3 Å². The minimum atomic E-state index is -0.258. The van der Waals surface area contributed by atoms with Gasteiger partial charge in [-0.05, 0) is 31.5 Å². The maximum atomic E-state index is 11.9. The Hall–Kier alpha value is -1.30. The first-order valence-electron chi connectivity index (χ1n) is 7.15. The zero-order valence-electron chi connectivity index (χ0n) is 12.2. The van der Waals surface area contributed by atoms with Crippen LogP contribution in [0.15, 0.2) is 18.2 Å². The van der Waals surface area contributed by atoms with Gasteiger partial charge in [-0.1, -0.05) is 23.2 Å². The summed E-state index contributed by atoms with van der Waals surface area (Å²) in [4.78, 5) is 23.6. The van der Waals surface area contributed by atoms with Crippen molar-refractivity contribution < 1.29 is 14.3 Å². The van der Waals surface area contributed by atoms with Crippen molar-refractivity contribution in [3.05, 3.63) is 33.8 Å². The van der Waals surface area contributed by atoms with Crippen LogP contribution in [0.3, 0.4) is 0 Å². The second-order valence-electron chi connectivity index (χ2n) is 5.01. The van der Waals surface area contributed by atoms with Gasteiger partial charge < -0.3 is 15.4 Å². The van der Waals surface area contributed by atoms with Crippen LogP contribution in [0.5, 0.6) is 0 Å². The predicted molar refractivity (Wildman–Crippen MR) is 85.3 cm³/mol. The van der Waals surface area contributed by atoms with E-state index in [0.717, 1.165) is 6.42 Å². The Morgan fingerprint density at radius 1 is 1.23 bits per heavy atom. The SMILES string of the molecule is CCOC1CC1C(=O)NCCNC(=O)c1ccc(Cl)c(Cl)c1.